The number of nitrogens with two attached hydrogens (primary N) is 1. The van der Waals surface area contributed by atoms with Crippen molar-refractivity contribution in [1.29, 1.82) is 0 Å². The number of benzene rings is 1. The van der Waals surface area contributed by atoms with Gasteiger partial charge in [0.1, 0.15) is 0 Å². The third kappa shape index (κ3) is 3.48. The molecule has 1 heterocycles. The normalized spacial score (nSPS) is 10.2. The third-order valence-electron chi connectivity index (χ3n) is 2.58. The Hall–Kier alpha value is -2.03. The second-order valence-electron chi connectivity index (χ2n) is 4.17. The predicted octanol–water partition coefficient (Wildman–Crippen LogP) is 2.63. The summed E-state index contributed by atoms with van der Waals surface area (Å²) in [5.74, 6) is 0. The van der Waals surface area contributed by atoms with E-state index in [4.69, 9.17) is 5.73 Å². The average molecular weight is 227 g/mol. The van der Waals surface area contributed by atoms with Crippen molar-refractivity contribution in [2.75, 3.05) is 17.6 Å². The number of pyridine rings is 1. The number of nitrogens with zero attached hydrogens (tertiary/aromatic N) is 1. The van der Waals surface area contributed by atoms with E-state index in [1.807, 2.05) is 6.07 Å². The number of anilines is 2. The van der Waals surface area contributed by atoms with Crippen molar-refractivity contribution >= 4 is 11.4 Å². The Morgan fingerprint density at radius 1 is 1.24 bits per heavy atom. The average Bonchev–Trinajstić information content (AvgIpc) is 2.29. The van der Waals surface area contributed by atoms with Gasteiger partial charge in [0, 0.05) is 12.7 Å². The zero-order chi connectivity index (χ0) is 12.1. The Labute approximate surface area is 102 Å². The standard InChI is InChI=1S/C14H17N3/c1-11-3-2-4-12(7-11)5-6-17-14-8-13(15)9-16-10-14/h2-4,7-10,17H,5-6,15H2,1H3. The van der Waals surface area contributed by atoms with E-state index in [9.17, 15) is 0 Å². The van der Waals surface area contributed by atoms with Gasteiger partial charge in [0.15, 0.2) is 0 Å². The maximum atomic E-state index is 5.66. The molecule has 0 unspecified atom stereocenters. The van der Waals surface area contributed by atoms with Crippen molar-refractivity contribution in [3.63, 3.8) is 0 Å². The van der Waals surface area contributed by atoms with E-state index >= 15 is 0 Å². The fraction of sp³-hybridized carbons (Fsp3) is 0.214. The molecule has 2 aromatic rings. The molecule has 0 radical (unpaired) electrons. The Morgan fingerprint density at radius 3 is 2.88 bits per heavy atom. The monoisotopic (exact) mass is 227 g/mol. The molecule has 0 spiro atoms. The Kier molecular flexibility index (Phi) is 3.60. The Balaban J connectivity index is 1.87. The quantitative estimate of drug-likeness (QED) is 0.844. The zero-order valence-electron chi connectivity index (χ0n) is 9.98. The SMILES string of the molecule is Cc1cccc(CCNc2cncc(N)c2)c1. The Bertz CT molecular complexity index is 449. The first-order chi connectivity index (χ1) is 8.24. The maximum absolute atomic E-state index is 5.66. The highest BCUT2D eigenvalue weighted by molar-refractivity contribution is 5.51. The summed E-state index contributed by atoms with van der Waals surface area (Å²) in [5.41, 5.74) is 9.96. The molecule has 0 amide bonds. The first-order valence-corrected chi connectivity index (χ1v) is 5.74. The van der Waals surface area contributed by atoms with Gasteiger partial charge >= 0.3 is 0 Å². The van der Waals surface area contributed by atoms with Crippen LogP contribution in [-0.2, 0) is 6.42 Å². The number of nitrogens with one attached hydrogen (secondary N) is 1. The van der Waals surface area contributed by atoms with Gasteiger partial charge in [-0.2, -0.15) is 0 Å². The number of nitrogen functional groups attached to an aromatic ring is 1. The molecule has 1 aromatic heterocycles. The van der Waals surface area contributed by atoms with Crippen LogP contribution in [0.15, 0.2) is 42.7 Å². The van der Waals surface area contributed by atoms with Gasteiger partial charge in [-0.15, -0.1) is 0 Å². The number of rotatable bonds is 4. The van der Waals surface area contributed by atoms with Crippen LogP contribution >= 0.6 is 0 Å². The smallest absolute Gasteiger partial charge is 0.0547 e. The third-order valence-corrected chi connectivity index (χ3v) is 2.58. The molecule has 0 saturated carbocycles. The summed E-state index contributed by atoms with van der Waals surface area (Å²) in [4.78, 5) is 4.04. The lowest BCUT2D eigenvalue weighted by Gasteiger charge is -2.07. The van der Waals surface area contributed by atoms with Gasteiger partial charge in [-0.05, 0) is 25.0 Å². The molecule has 0 aliphatic rings. The minimum Gasteiger partial charge on any atom is -0.397 e. The van der Waals surface area contributed by atoms with E-state index in [1.54, 1.807) is 12.4 Å². The molecule has 1 aromatic carbocycles. The summed E-state index contributed by atoms with van der Waals surface area (Å²) in [6.07, 6.45) is 4.43. The zero-order valence-corrected chi connectivity index (χ0v) is 9.98. The second kappa shape index (κ2) is 5.34. The maximum Gasteiger partial charge on any atom is 0.0547 e. The fourth-order valence-electron chi connectivity index (χ4n) is 1.77. The highest BCUT2D eigenvalue weighted by Gasteiger charge is 1.95. The van der Waals surface area contributed by atoms with Crippen LogP contribution in [0.1, 0.15) is 11.1 Å². The van der Waals surface area contributed by atoms with Crippen molar-refractivity contribution in [1.82, 2.24) is 4.98 Å². The van der Waals surface area contributed by atoms with Crippen molar-refractivity contribution in [3.8, 4) is 0 Å². The molecule has 0 fully saturated rings. The second-order valence-corrected chi connectivity index (χ2v) is 4.17. The lowest BCUT2D eigenvalue weighted by atomic mass is 10.1. The minimum absolute atomic E-state index is 0.686. The largest absolute Gasteiger partial charge is 0.397 e. The number of hydrogen-bond donors (Lipinski definition) is 2. The van der Waals surface area contributed by atoms with Crippen LogP contribution in [0.3, 0.4) is 0 Å². The first kappa shape index (κ1) is 11.5. The highest BCUT2D eigenvalue weighted by atomic mass is 14.9. The minimum atomic E-state index is 0.686. The van der Waals surface area contributed by atoms with Gasteiger partial charge < -0.3 is 11.1 Å². The molecule has 0 bridgehead atoms. The van der Waals surface area contributed by atoms with Crippen LogP contribution in [0.2, 0.25) is 0 Å². The summed E-state index contributed by atoms with van der Waals surface area (Å²) in [7, 11) is 0. The number of hydrogen-bond acceptors (Lipinski definition) is 3. The molecule has 17 heavy (non-hydrogen) atoms. The molecule has 88 valence electrons. The van der Waals surface area contributed by atoms with Gasteiger partial charge in [0.2, 0.25) is 0 Å². The summed E-state index contributed by atoms with van der Waals surface area (Å²) < 4.78 is 0. The van der Waals surface area contributed by atoms with Crippen LogP contribution in [0, 0.1) is 6.92 Å². The van der Waals surface area contributed by atoms with Gasteiger partial charge in [-0.3, -0.25) is 4.98 Å². The lowest BCUT2D eigenvalue weighted by Crippen LogP contribution is -2.05. The molecule has 2 rings (SSSR count). The molecule has 0 aliphatic carbocycles. The molecule has 0 atom stereocenters. The van der Waals surface area contributed by atoms with E-state index in [2.05, 4.69) is 41.5 Å². The highest BCUT2D eigenvalue weighted by Crippen LogP contribution is 2.10. The number of aromatic nitrogens is 1. The van der Waals surface area contributed by atoms with Crippen LogP contribution < -0.4 is 11.1 Å². The van der Waals surface area contributed by atoms with Crippen molar-refractivity contribution < 1.29 is 0 Å². The van der Waals surface area contributed by atoms with Gasteiger partial charge in [-0.1, -0.05) is 29.8 Å². The first-order valence-electron chi connectivity index (χ1n) is 5.74. The summed E-state index contributed by atoms with van der Waals surface area (Å²) in [6, 6.07) is 10.4. The van der Waals surface area contributed by atoms with E-state index in [0.717, 1.165) is 18.7 Å². The van der Waals surface area contributed by atoms with Crippen LogP contribution in [0.5, 0.6) is 0 Å². The predicted molar refractivity (Wildman–Crippen MR) is 72.0 cm³/mol. The van der Waals surface area contributed by atoms with Gasteiger partial charge in [0.05, 0.1) is 17.6 Å². The molecular formula is C14H17N3. The molecule has 3 heteroatoms. The molecule has 0 aliphatic heterocycles. The molecular weight excluding hydrogens is 210 g/mol. The summed E-state index contributed by atoms with van der Waals surface area (Å²) in [5, 5.41) is 3.31. The van der Waals surface area contributed by atoms with E-state index in [1.165, 1.54) is 11.1 Å². The Morgan fingerprint density at radius 2 is 2.12 bits per heavy atom. The topological polar surface area (TPSA) is 50.9 Å². The van der Waals surface area contributed by atoms with Gasteiger partial charge in [0.25, 0.3) is 0 Å². The van der Waals surface area contributed by atoms with E-state index < -0.39 is 0 Å². The molecule has 0 saturated heterocycles. The van der Waals surface area contributed by atoms with Crippen molar-refractivity contribution in [2.45, 2.75) is 13.3 Å². The summed E-state index contributed by atoms with van der Waals surface area (Å²) in [6.45, 7) is 2.99. The van der Waals surface area contributed by atoms with Crippen molar-refractivity contribution in [2.24, 2.45) is 0 Å². The fourth-order valence-corrected chi connectivity index (χ4v) is 1.77. The van der Waals surface area contributed by atoms with Crippen LogP contribution in [0.4, 0.5) is 11.4 Å². The van der Waals surface area contributed by atoms with E-state index in [0.29, 0.717) is 5.69 Å². The summed E-state index contributed by atoms with van der Waals surface area (Å²) >= 11 is 0. The number of aryl methyl sites for hydroxylation is 1. The van der Waals surface area contributed by atoms with Crippen LogP contribution in [0.25, 0.3) is 0 Å². The lowest BCUT2D eigenvalue weighted by molar-refractivity contribution is 1.01. The molecule has 3 N–H and O–H groups in total. The van der Waals surface area contributed by atoms with Gasteiger partial charge in [-0.25, -0.2) is 0 Å². The van der Waals surface area contributed by atoms with Crippen LogP contribution in [-0.4, -0.2) is 11.5 Å². The van der Waals surface area contributed by atoms with Crippen molar-refractivity contribution in [3.05, 3.63) is 53.9 Å². The van der Waals surface area contributed by atoms with E-state index in [-0.39, 0.29) is 0 Å². The molecule has 3 nitrogen and oxygen atoms in total.